The van der Waals surface area contributed by atoms with Gasteiger partial charge >= 0.3 is 5.97 Å². The Morgan fingerprint density at radius 3 is 2.83 bits per heavy atom. The van der Waals surface area contributed by atoms with Crippen molar-refractivity contribution < 1.29 is 14.3 Å². The van der Waals surface area contributed by atoms with Crippen LogP contribution in [0.25, 0.3) is 11.0 Å². The Bertz CT molecular complexity index is 898. The summed E-state index contributed by atoms with van der Waals surface area (Å²) in [6.45, 7) is 7.88. The number of nitrogens with zero attached hydrogens (tertiary/aromatic N) is 2. The van der Waals surface area contributed by atoms with Gasteiger partial charge in [0, 0.05) is 16.5 Å². The predicted molar refractivity (Wildman–Crippen MR) is 96.2 cm³/mol. The van der Waals surface area contributed by atoms with Gasteiger partial charge in [-0.2, -0.15) is 4.99 Å². The number of carboxylic acid groups (broad SMARTS) is 1. The minimum atomic E-state index is -1.09. The summed E-state index contributed by atoms with van der Waals surface area (Å²) in [6.07, 6.45) is 0. The number of aromatic carboxylic acids is 1. The molecular formula is C16H16N4O3S. The fraction of sp³-hybridized carbons (Fsp3) is 0.0625. The van der Waals surface area contributed by atoms with Gasteiger partial charge in [0.05, 0.1) is 0 Å². The first-order valence-electron chi connectivity index (χ1n) is 6.81. The Balaban J connectivity index is 0.00000100. The minimum Gasteiger partial charge on any atom is -0.476 e. The number of nitrogens with one attached hydrogen (secondary N) is 1. The number of aliphatic imine (C=N–C) groups is 1. The van der Waals surface area contributed by atoms with Gasteiger partial charge in [-0.3, -0.25) is 0 Å². The first-order valence-corrected chi connectivity index (χ1v) is 7.69. The summed E-state index contributed by atoms with van der Waals surface area (Å²) >= 11 is 1.11. The van der Waals surface area contributed by atoms with Crippen LogP contribution in [0, 0.1) is 6.92 Å². The molecule has 0 unspecified atom stereocenters. The minimum absolute atomic E-state index is 0.0492. The summed E-state index contributed by atoms with van der Waals surface area (Å²) in [7, 11) is 0. The van der Waals surface area contributed by atoms with Gasteiger partial charge in [-0.05, 0) is 31.2 Å². The molecule has 0 aliphatic heterocycles. The van der Waals surface area contributed by atoms with Crippen molar-refractivity contribution in [3.05, 3.63) is 54.3 Å². The normalized spacial score (nSPS) is 11.0. The van der Waals surface area contributed by atoms with Gasteiger partial charge < -0.3 is 20.6 Å². The van der Waals surface area contributed by atoms with Crippen molar-refractivity contribution in [2.24, 2.45) is 10.7 Å². The molecule has 3 rings (SSSR count). The lowest BCUT2D eigenvalue weighted by atomic mass is 10.2. The number of rotatable bonds is 3. The molecule has 0 spiro atoms. The number of fused-ring (bicyclic) bond motifs is 1. The molecule has 7 nitrogen and oxygen atoms in total. The highest BCUT2D eigenvalue weighted by atomic mass is 32.1. The van der Waals surface area contributed by atoms with Crippen LogP contribution in [0.3, 0.4) is 0 Å². The van der Waals surface area contributed by atoms with Crippen molar-refractivity contribution in [1.29, 1.82) is 0 Å². The SMILES string of the molecule is C=C.Cc1cc2cc(NC(N)=Nc3nc(C(=O)O)cs3)ccc2o1. The van der Waals surface area contributed by atoms with Gasteiger partial charge in [0.2, 0.25) is 11.1 Å². The van der Waals surface area contributed by atoms with Crippen LogP contribution in [0.1, 0.15) is 16.2 Å². The number of aromatic nitrogens is 1. The zero-order valence-corrected chi connectivity index (χ0v) is 13.8. The van der Waals surface area contributed by atoms with Crippen LogP contribution in [0.2, 0.25) is 0 Å². The van der Waals surface area contributed by atoms with E-state index >= 15 is 0 Å². The lowest BCUT2D eigenvalue weighted by Crippen LogP contribution is -2.21. The summed E-state index contributed by atoms with van der Waals surface area (Å²) in [6, 6.07) is 7.47. The summed E-state index contributed by atoms with van der Waals surface area (Å²) in [5.41, 5.74) is 7.31. The second kappa shape index (κ2) is 7.42. The number of hydrogen-bond acceptors (Lipinski definition) is 5. The number of thiazole rings is 1. The Kier molecular flexibility index (Phi) is 5.33. The Morgan fingerprint density at radius 1 is 1.42 bits per heavy atom. The van der Waals surface area contributed by atoms with Crippen LogP contribution >= 0.6 is 11.3 Å². The number of carbonyl (C=O) groups is 1. The summed E-state index contributed by atoms with van der Waals surface area (Å²) in [5, 5.41) is 14.4. The van der Waals surface area contributed by atoms with Crippen LogP contribution in [-0.2, 0) is 0 Å². The fourth-order valence-electron chi connectivity index (χ4n) is 1.95. The number of carboxylic acids is 1. The van der Waals surface area contributed by atoms with E-state index in [2.05, 4.69) is 28.5 Å². The van der Waals surface area contributed by atoms with Crippen molar-refractivity contribution >= 4 is 45.1 Å². The predicted octanol–water partition coefficient (Wildman–Crippen LogP) is 3.76. The highest BCUT2D eigenvalue weighted by Gasteiger charge is 2.08. The van der Waals surface area contributed by atoms with E-state index in [0.717, 1.165) is 33.8 Å². The second-order valence-corrected chi connectivity index (χ2v) is 5.39. The molecule has 0 fully saturated rings. The average molecular weight is 344 g/mol. The Labute approximate surface area is 142 Å². The molecule has 0 aliphatic rings. The highest BCUT2D eigenvalue weighted by molar-refractivity contribution is 7.13. The van der Waals surface area contributed by atoms with Crippen LogP contribution in [-0.4, -0.2) is 22.0 Å². The van der Waals surface area contributed by atoms with E-state index in [4.69, 9.17) is 15.3 Å². The van der Waals surface area contributed by atoms with E-state index in [0.29, 0.717) is 0 Å². The van der Waals surface area contributed by atoms with E-state index in [-0.39, 0.29) is 16.8 Å². The smallest absolute Gasteiger partial charge is 0.355 e. The Hall–Kier alpha value is -3.13. The maximum atomic E-state index is 10.8. The molecule has 0 radical (unpaired) electrons. The molecule has 0 amide bonds. The third-order valence-electron chi connectivity index (χ3n) is 2.84. The number of hydrogen-bond donors (Lipinski definition) is 3. The van der Waals surface area contributed by atoms with Gasteiger partial charge in [0.25, 0.3) is 0 Å². The topological polar surface area (TPSA) is 114 Å². The Morgan fingerprint density at radius 2 is 2.17 bits per heavy atom. The number of aryl methyl sites for hydroxylation is 1. The molecule has 4 N–H and O–H groups in total. The number of nitrogens with two attached hydrogens (primary N) is 1. The first kappa shape index (κ1) is 17.2. The van der Waals surface area contributed by atoms with Crippen molar-refractivity contribution in [1.82, 2.24) is 4.98 Å². The molecule has 124 valence electrons. The third-order valence-corrected chi connectivity index (χ3v) is 3.57. The van der Waals surface area contributed by atoms with E-state index in [9.17, 15) is 4.79 Å². The molecule has 0 saturated carbocycles. The average Bonchev–Trinajstić information content (AvgIpc) is 3.14. The standard InChI is InChI=1S/C14H12N4O3S.C2H4/c1-7-4-8-5-9(2-3-11(8)21-7)16-13(15)18-14-17-10(6-22-14)12(19)20;1-2/h2-6H,1H3,(H,19,20)(H3,15,16,17,18);1-2H2. The molecule has 2 heterocycles. The zero-order valence-electron chi connectivity index (χ0n) is 12.9. The molecule has 8 heteroatoms. The molecule has 2 aromatic heterocycles. The molecule has 0 aliphatic carbocycles. The van der Waals surface area contributed by atoms with Crippen LogP contribution in [0.4, 0.5) is 10.8 Å². The number of anilines is 1. The van der Waals surface area contributed by atoms with Crippen LogP contribution < -0.4 is 11.1 Å². The lowest BCUT2D eigenvalue weighted by Gasteiger charge is -2.04. The molecule has 3 aromatic rings. The van der Waals surface area contributed by atoms with E-state index < -0.39 is 5.97 Å². The quantitative estimate of drug-likeness (QED) is 0.379. The maximum absolute atomic E-state index is 10.8. The molecule has 1 aromatic carbocycles. The molecular weight excluding hydrogens is 328 g/mol. The van der Waals surface area contributed by atoms with Gasteiger partial charge in [0.1, 0.15) is 11.3 Å². The summed E-state index contributed by atoms with van der Waals surface area (Å²) in [5.74, 6) is -0.131. The van der Waals surface area contributed by atoms with E-state index in [1.165, 1.54) is 5.38 Å². The zero-order chi connectivity index (χ0) is 17.7. The summed E-state index contributed by atoms with van der Waals surface area (Å²) < 4.78 is 5.50. The van der Waals surface area contributed by atoms with Gasteiger partial charge in [-0.1, -0.05) is 0 Å². The van der Waals surface area contributed by atoms with Crippen LogP contribution in [0.5, 0.6) is 0 Å². The van der Waals surface area contributed by atoms with E-state index in [1.54, 1.807) is 0 Å². The van der Waals surface area contributed by atoms with Crippen LogP contribution in [0.15, 0.2) is 52.2 Å². The molecule has 0 atom stereocenters. The highest BCUT2D eigenvalue weighted by Crippen LogP contribution is 2.23. The second-order valence-electron chi connectivity index (χ2n) is 4.55. The molecule has 0 saturated heterocycles. The summed E-state index contributed by atoms with van der Waals surface area (Å²) in [4.78, 5) is 18.6. The number of benzene rings is 1. The van der Waals surface area contributed by atoms with Crippen molar-refractivity contribution in [2.75, 3.05) is 5.32 Å². The lowest BCUT2D eigenvalue weighted by molar-refractivity contribution is 0.0691. The van der Waals surface area contributed by atoms with Gasteiger partial charge in [-0.15, -0.1) is 24.5 Å². The first-order chi connectivity index (χ1) is 11.5. The monoisotopic (exact) mass is 344 g/mol. The van der Waals surface area contributed by atoms with Gasteiger partial charge in [0.15, 0.2) is 5.69 Å². The molecule has 0 bridgehead atoms. The maximum Gasteiger partial charge on any atom is 0.355 e. The largest absolute Gasteiger partial charge is 0.476 e. The fourth-order valence-corrected chi connectivity index (χ4v) is 2.62. The third kappa shape index (κ3) is 3.99. The van der Waals surface area contributed by atoms with Crippen molar-refractivity contribution in [3.8, 4) is 0 Å². The van der Waals surface area contributed by atoms with E-state index in [1.807, 2.05) is 31.2 Å². The van der Waals surface area contributed by atoms with Gasteiger partial charge in [-0.25, -0.2) is 9.78 Å². The van der Waals surface area contributed by atoms with Crippen molar-refractivity contribution in [3.63, 3.8) is 0 Å². The molecule has 24 heavy (non-hydrogen) atoms. The van der Waals surface area contributed by atoms with Crippen molar-refractivity contribution in [2.45, 2.75) is 6.92 Å². The number of furan rings is 1. The number of guanidine groups is 1.